The van der Waals surface area contributed by atoms with E-state index < -0.39 is 11.4 Å². The van der Waals surface area contributed by atoms with Crippen LogP contribution in [0.3, 0.4) is 0 Å². The number of hydrogen-bond acceptors (Lipinski definition) is 3. The average molecular weight is 283 g/mol. The number of benzene rings is 2. The zero-order chi connectivity index (χ0) is 15.5. The van der Waals surface area contributed by atoms with Gasteiger partial charge in [0.25, 0.3) is 0 Å². The number of anilines is 1. The van der Waals surface area contributed by atoms with Gasteiger partial charge in [0.2, 0.25) is 5.91 Å². The van der Waals surface area contributed by atoms with Crippen molar-refractivity contribution in [3.8, 4) is 0 Å². The Morgan fingerprint density at radius 1 is 1.10 bits per heavy atom. The van der Waals surface area contributed by atoms with Gasteiger partial charge in [-0.15, -0.1) is 0 Å². The second kappa shape index (κ2) is 5.97. The van der Waals surface area contributed by atoms with Crippen LogP contribution in [0.5, 0.6) is 0 Å². The second-order valence-corrected chi connectivity index (χ2v) is 5.34. The van der Waals surface area contributed by atoms with Crippen LogP contribution >= 0.6 is 0 Å². The molecule has 110 valence electrons. The molecule has 0 aliphatic heterocycles. The number of rotatable bonds is 5. The standard InChI is InChI=1S/C17H21N3O/c1-13-8-6-7-11-15(13)20(2)12-17(19,16(18)21)14-9-4-3-5-10-14/h3-11H,12,19H2,1-2H3,(H2,18,21). The Morgan fingerprint density at radius 2 is 1.67 bits per heavy atom. The predicted molar refractivity (Wildman–Crippen MR) is 86.0 cm³/mol. The number of aryl methyl sites for hydroxylation is 1. The number of nitrogens with zero attached hydrogens (tertiary/aromatic N) is 1. The summed E-state index contributed by atoms with van der Waals surface area (Å²) in [7, 11) is 1.91. The van der Waals surface area contributed by atoms with Gasteiger partial charge >= 0.3 is 0 Å². The van der Waals surface area contributed by atoms with Crippen LogP contribution in [0, 0.1) is 6.92 Å². The molecule has 1 unspecified atom stereocenters. The van der Waals surface area contributed by atoms with Crippen LogP contribution < -0.4 is 16.4 Å². The fourth-order valence-corrected chi connectivity index (χ4v) is 2.50. The Morgan fingerprint density at radius 3 is 2.24 bits per heavy atom. The van der Waals surface area contributed by atoms with Crippen molar-refractivity contribution in [3.63, 3.8) is 0 Å². The molecule has 4 nitrogen and oxygen atoms in total. The monoisotopic (exact) mass is 283 g/mol. The topological polar surface area (TPSA) is 72.3 Å². The molecule has 0 spiro atoms. The van der Waals surface area contributed by atoms with E-state index in [4.69, 9.17) is 11.5 Å². The Bertz CT molecular complexity index is 627. The van der Waals surface area contributed by atoms with Gasteiger partial charge in [-0.2, -0.15) is 0 Å². The largest absolute Gasteiger partial charge is 0.372 e. The number of amides is 1. The number of para-hydroxylation sites is 1. The summed E-state index contributed by atoms with van der Waals surface area (Å²) >= 11 is 0. The first-order chi connectivity index (χ1) is 9.95. The third-order valence-electron chi connectivity index (χ3n) is 3.74. The molecule has 1 atom stereocenters. The quantitative estimate of drug-likeness (QED) is 0.878. The van der Waals surface area contributed by atoms with Crippen LogP contribution in [0.2, 0.25) is 0 Å². The molecule has 0 heterocycles. The molecule has 0 aromatic heterocycles. The molecule has 4 heteroatoms. The van der Waals surface area contributed by atoms with E-state index in [2.05, 4.69) is 0 Å². The van der Waals surface area contributed by atoms with Crippen LogP contribution in [0.4, 0.5) is 5.69 Å². The highest BCUT2D eigenvalue weighted by Crippen LogP contribution is 2.24. The summed E-state index contributed by atoms with van der Waals surface area (Å²) in [5, 5.41) is 0. The number of primary amides is 1. The maximum atomic E-state index is 11.9. The smallest absolute Gasteiger partial charge is 0.243 e. The maximum Gasteiger partial charge on any atom is 0.243 e. The van der Waals surface area contributed by atoms with Gasteiger partial charge in [-0.1, -0.05) is 48.5 Å². The van der Waals surface area contributed by atoms with Gasteiger partial charge in [0.1, 0.15) is 5.54 Å². The van der Waals surface area contributed by atoms with Crippen LogP contribution in [-0.4, -0.2) is 19.5 Å². The Kier molecular flexibility index (Phi) is 4.29. The Balaban J connectivity index is 2.33. The summed E-state index contributed by atoms with van der Waals surface area (Å²) in [5.74, 6) is -0.533. The minimum absolute atomic E-state index is 0.317. The molecule has 0 saturated heterocycles. The summed E-state index contributed by atoms with van der Waals surface area (Å²) in [6, 6.07) is 17.2. The molecular weight excluding hydrogens is 262 g/mol. The van der Waals surface area contributed by atoms with Crippen LogP contribution in [0.15, 0.2) is 54.6 Å². The van der Waals surface area contributed by atoms with Crippen molar-refractivity contribution in [1.82, 2.24) is 0 Å². The Labute approximate surface area is 125 Å². The van der Waals surface area contributed by atoms with Gasteiger partial charge in [0, 0.05) is 19.3 Å². The van der Waals surface area contributed by atoms with Crippen LogP contribution in [0.25, 0.3) is 0 Å². The van der Waals surface area contributed by atoms with Crippen LogP contribution in [0.1, 0.15) is 11.1 Å². The molecular formula is C17H21N3O. The highest BCUT2D eigenvalue weighted by atomic mass is 16.1. The molecule has 0 bridgehead atoms. The third kappa shape index (κ3) is 3.06. The first-order valence-corrected chi connectivity index (χ1v) is 6.86. The summed E-state index contributed by atoms with van der Waals surface area (Å²) in [4.78, 5) is 13.9. The SMILES string of the molecule is Cc1ccccc1N(C)CC(N)(C(N)=O)c1ccccc1. The molecule has 2 aromatic rings. The molecule has 0 fully saturated rings. The number of carbonyl (C=O) groups excluding carboxylic acids is 1. The van der Waals surface area contributed by atoms with Gasteiger partial charge in [-0.05, 0) is 24.1 Å². The highest BCUT2D eigenvalue weighted by molar-refractivity contribution is 5.86. The number of nitrogens with two attached hydrogens (primary N) is 2. The molecule has 0 saturated carbocycles. The fraction of sp³-hybridized carbons (Fsp3) is 0.235. The fourth-order valence-electron chi connectivity index (χ4n) is 2.50. The molecule has 0 aliphatic carbocycles. The molecule has 2 aromatic carbocycles. The van der Waals surface area contributed by atoms with E-state index in [-0.39, 0.29) is 0 Å². The average Bonchev–Trinajstić information content (AvgIpc) is 2.48. The van der Waals surface area contributed by atoms with Crippen LogP contribution in [-0.2, 0) is 10.3 Å². The van der Waals surface area contributed by atoms with E-state index in [1.54, 1.807) is 0 Å². The first kappa shape index (κ1) is 15.1. The lowest BCUT2D eigenvalue weighted by Gasteiger charge is -2.33. The van der Waals surface area contributed by atoms with Crippen molar-refractivity contribution in [1.29, 1.82) is 0 Å². The van der Waals surface area contributed by atoms with Crippen molar-refractivity contribution >= 4 is 11.6 Å². The van der Waals surface area contributed by atoms with Crippen molar-refractivity contribution in [2.45, 2.75) is 12.5 Å². The number of likely N-dealkylation sites (N-methyl/N-ethyl adjacent to an activating group) is 1. The second-order valence-electron chi connectivity index (χ2n) is 5.34. The molecule has 4 N–H and O–H groups in total. The molecule has 0 aliphatic rings. The van der Waals surface area contributed by atoms with Gasteiger partial charge in [-0.25, -0.2) is 0 Å². The Hall–Kier alpha value is -2.33. The lowest BCUT2D eigenvalue weighted by molar-refractivity contribution is -0.123. The summed E-state index contributed by atoms with van der Waals surface area (Å²) < 4.78 is 0. The summed E-state index contributed by atoms with van der Waals surface area (Å²) in [6.07, 6.45) is 0. The van der Waals surface area contributed by atoms with Crippen molar-refractivity contribution in [3.05, 3.63) is 65.7 Å². The normalized spacial score (nSPS) is 13.5. The van der Waals surface area contributed by atoms with E-state index >= 15 is 0 Å². The lowest BCUT2D eigenvalue weighted by atomic mass is 9.89. The highest BCUT2D eigenvalue weighted by Gasteiger charge is 2.35. The van der Waals surface area contributed by atoms with E-state index in [0.29, 0.717) is 6.54 Å². The number of carbonyl (C=O) groups is 1. The van der Waals surface area contributed by atoms with E-state index in [1.165, 1.54) is 0 Å². The molecule has 21 heavy (non-hydrogen) atoms. The van der Waals surface area contributed by atoms with Gasteiger partial charge < -0.3 is 16.4 Å². The third-order valence-corrected chi connectivity index (χ3v) is 3.74. The van der Waals surface area contributed by atoms with Gasteiger partial charge in [-0.3, -0.25) is 4.79 Å². The van der Waals surface area contributed by atoms with E-state index in [9.17, 15) is 4.79 Å². The number of hydrogen-bond donors (Lipinski definition) is 2. The molecule has 0 radical (unpaired) electrons. The summed E-state index contributed by atoms with van der Waals surface area (Å²) in [5.41, 5.74) is 13.6. The van der Waals surface area contributed by atoms with E-state index in [0.717, 1.165) is 16.8 Å². The first-order valence-electron chi connectivity index (χ1n) is 6.86. The minimum atomic E-state index is -1.22. The predicted octanol–water partition coefficient (Wildman–Crippen LogP) is 1.77. The minimum Gasteiger partial charge on any atom is -0.372 e. The lowest BCUT2D eigenvalue weighted by Crippen LogP contribution is -2.56. The van der Waals surface area contributed by atoms with Crippen molar-refractivity contribution in [2.24, 2.45) is 11.5 Å². The zero-order valence-electron chi connectivity index (χ0n) is 12.4. The zero-order valence-corrected chi connectivity index (χ0v) is 12.4. The maximum absolute atomic E-state index is 11.9. The van der Waals surface area contributed by atoms with Crippen molar-refractivity contribution in [2.75, 3.05) is 18.5 Å². The van der Waals surface area contributed by atoms with Gasteiger partial charge in [0.15, 0.2) is 0 Å². The summed E-state index contributed by atoms with van der Waals surface area (Å²) in [6.45, 7) is 2.34. The van der Waals surface area contributed by atoms with Gasteiger partial charge in [0.05, 0.1) is 0 Å². The van der Waals surface area contributed by atoms with Crippen molar-refractivity contribution < 1.29 is 4.79 Å². The van der Waals surface area contributed by atoms with E-state index in [1.807, 2.05) is 73.5 Å². The molecule has 1 amide bonds. The molecule has 2 rings (SSSR count).